The van der Waals surface area contributed by atoms with E-state index in [1.165, 1.54) is 11.3 Å². The Bertz CT molecular complexity index is 477. The number of halogens is 1. The maximum Gasteiger partial charge on any atom is 0.293 e. The second-order valence-corrected chi connectivity index (χ2v) is 4.16. The molecule has 0 aromatic carbocycles. The molecule has 0 saturated carbocycles. The smallest absolute Gasteiger partial charge is 0.293 e. The molecule has 2 heterocycles. The highest BCUT2D eigenvalue weighted by Crippen LogP contribution is 2.19. The zero-order chi connectivity index (χ0) is 11.4. The molecule has 0 aliphatic heterocycles. The first-order valence-corrected chi connectivity index (χ1v) is 5.59. The van der Waals surface area contributed by atoms with Gasteiger partial charge < -0.3 is 9.47 Å². The molecule has 84 valence electrons. The standard InChI is InChI=1S/C9H8ClN3O2S/c1-14-9-13-12-8(16-9)5-15-7-4-2-3-6(10)11-7/h2-4H,5H2,1H3. The summed E-state index contributed by atoms with van der Waals surface area (Å²) < 4.78 is 10.3. The van der Waals surface area contributed by atoms with Crippen LogP contribution in [0.2, 0.25) is 5.15 Å². The highest BCUT2D eigenvalue weighted by Gasteiger charge is 2.05. The number of ether oxygens (including phenoxy) is 2. The van der Waals surface area contributed by atoms with Crippen molar-refractivity contribution in [3.05, 3.63) is 28.4 Å². The normalized spacial score (nSPS) is 10.1. The first-order chi connectivity index (χ1) is 7.78. The summed E-state index contributed by atoms with van der Waals surface area (Å²) in [5, 5.41) is 9.29. The maximum atomic E-state index is 5.72. The molecule has 2 rings (SSSR count). The molecule has 0 amide bonds. The fourth-order valence-corrected chi connectivity index (χ4v) is 1.71. The van der Waals surface area contributed by atoms with Crippen molar-refractivity contribution < 1.29 is 9.47 Å². The van der Waals surface area contributed by atoms with Gasteiger partial charge in [0.25, 0.3) is 5.19 Å². The van der Waals surface area contributed by atoms with E-state index in [0.717, 1.165) is 5.01 Å². The van der Waals surface area contributed by atoms with Crippen LogP contribution in [0.4, 0.5) is 0 Å². The second-order valence-electron chi connectivity index (χ2n) is 2.75. The molecule has 0 atom stereocenters. The lowest BCUT2D eigenvalue weighted by molar-refractivity contribution is 0.292. The van der Waals surface area contributed by atoms with Crippen molar-refractivity contribution in [1.29, 1.82) is 0 Å². The van der Waals surface area contributed by atoms with Crippen LogP contribution in [0.1, 0.15) is 5.01 Å². The predicted molar refractivity (Wildman–Crippen MR) is 60.0 cm³/mol. The van der Waals surface area contributed by atoms with Gasteiger partial charge in [-0.25, -0.2) is 4.98 Å². The van der Waals surface area contributed by atoms with Gasteiger partial charge in [0, 0.05) is 6.07 Å². The third kappa shape index (κ3) is 2.80. The number of hydrogen-bond donors (Lipinski definition) is 0. The lowest BCUT2D eigenvalue weighted by Gasteiger charge is -2.01. The van der Waals surface area contributed by atoms with E-state index >= 15 is 0 Å². The Morgan fingerprint density at radius 3 is 2.94 bits per heavy atom. The monoisotopic (exact) mass is 257 g/mol. The van der Waals surface area contributed by atoms with E-state index in [9.17, 15) is 0 Å². The Hall–Kier alpha value is -1.40. The van der Waals surface area contributed by atoms with Crippen molar-refractivity contribution in [3.8, 4) is 11.1 Å². The van der Waals surface area contributed by atoms with Gasteiger partial charge >= 0.3 is 0 Å². The van der Waals surface area contributed by atoms with Crippen molar-refractivity contribution in [2.24, 2.45) is 0 Å². The van der Waals surface area contributed by atoms with Crippen LogP contribution in [0.3, 0.4) is 0 Å². The van der Waals surface area contributed by atoms with Gasteiger partial charge in [0.15, 0.2) is 5.01 Å². The summed E-state index contributed by atoms with van der Waals surface area (Å²) in [7, 11) is 1.55. The maximum absolute atomic E-state index is 5.72. The average molecular weight is 258 g/mol. The third-order valence-electron chi connectivity index (χ3n) is 1.66. The second kappa shape index (κ2) is 5.09. The van der Waals surface area contributed by atoms with E-state index < -0.39 is 0 Å². The van der Waals surface area contributed by atoms with Crippen LogP contribution in [0.15, 0.2) is 18.2 Å². The summed E-state index contributed by atoms with van der Waals surface area (Å²) in [5.41, 5.74) is 0. The summed E-state index contributed by atoms with van der Waals surface area (Å²) in [4.78, 5) is 3.98. The molecule has 0 radical (unpaired) electrons. The molecule has 2 aromatic rings. The number of rotatable bonds is 4. The molecule has 2 aromatic heterocycles. The number of pyridine rings is 1. The van der Waals surface area contributed by atoms with E-state index in [-0.39, 0.29) is 0 Å². The Morgan fingerprint density at radius 2 is 2.25 bits per heavy atom. The van der Waals surface area contributed by atoms with Gasteiger partial charge in [0.05, 0.1) is 7.11 Å². The van der Waals surface area contributed by atoms with E-state index in [4.69, 9.17) is 21.1 Å². The minimum Gasteiger partial charge on any atom is -0.472 e. The minimum absolute atomic E-state index is 0.300. The highest BCUT2D eigenvalue weighted by molar-refractivity contribution is 7.13. The molecular formula is C9H8ClN3O2S. The lowest BCUT2D eigenvalue weighted by Crippen LogP contribution is -1.96. The SMILES string of the molecule is COc1nnc(COc2cccc(Cl)n2)s1. The molecule has 5 nitrogen and oxygen atoms in total. The molecule has 7 heteroatoms. The van der Waals surface area contributed by atoms with Gasteiger partial charge in [-0.15, -0.1) is 5.10 Å². The Balaban J connectivity index is 1.96. The van der Waals surface area contributed by atoms with Crippen molar-refractivity contribution in [1.82, 2.24) is 15.2 Å². The van der Waals surface area contributed by atoms with Gasteiger partial charge in [-0.2, -0.15) is 0 Å². The van der Waals surface area contributed by atoms with Gasteiger partial charge in [0.2, 0.25) is 5.88 Å². The average Bonchev–Trinajstić information content (AvgIpc) is 2.74. The fourth-order valence-electron chi connectivity index (χ4n) is 0.985. The third-order valence-corrected chi connectivity index (χ3v) is 2.72. The van der Waals surface area contributed by atoms with Crippen LogP contribution in [0.5, 0.6) is 11.1 Å². The van der Waals surface area contributed by atoms with Crippen LogP contribution in [-0.2, 0) is 6.61 Å². The van der Waals surface area contributed by atoms with Crippen molar-refractivity contribution in [3.63, 3.8) is 0 Å². The molecule has 0 aliphatic carbocycles. The van der Waals surface area contributed by atoms with Crippen molar-refractivity contribution >= 4 is 22.9 Å². The number of nitrogens with zero attached hydrogens (tertiary/aromatic N) is 3. The Kier molecular flexibility index (Phi) is 3.53. The molecule has 0 spiro atoms. The molecule has 0 aliphatic rings. The van der Waals surface area contributed by atoms with Crippen LogP contribution >= 0.6 is 22.9 Å². The summed E-state index contributed by atoms with van der Waals surface area (Å²) in [6, 6.07) is 5.18. The zero-order valence-corrected chi connectivity index (χ0v) is 9.96. The quantitative estimate of drug-likeness (QED) is 0.786. The zero-order valence-electron chi connectivity index (χ0n) is 8.38. The van der Waals surface area contributed by atoms with E-state index in [1.807, 2.05) is 0 Å². The van der Waals surface area contributed by atoms with Crippen molar-refractivity contribution in [2.75, 3.05) is 7.11 Å². The lowest BCUT2D eigenvalue weighted by atomic mass is 10.5. The van der Waals surface area contributed by atoms with E-state index in [1.54, 1.807) is 25.3 Å². The summed E-state index contributed by atoms with van der Waals surface area (Å²) in [5.74, 6) is 0.460. The molecule has 0 bridgehead atoms. The van der Waals surface area contributed by atoms with Gasteiger partial charge in [0.1, 0.15) is 11.8 Å². The first kappa shape index (κ1) is 11.1. The van der Waals surface area contributed by atoms with Crippen molar-refractivity contribution in [2.45, 2.75) is 6.61 Å². The summed E-state index contributed by atoms with van der Waals surface area (Å²) >= 11 is 7.04. The van der Waals surface area contributed by atoms with Gasteiger partial charge in [-0.05, 0) is 6.07 Å². The van der Waals surface area contributed by atoms with E-state index in [0.29, 0.717) is 22.8 Å². The molecule has 0 unspecified atom stereocenters. The Morgan fingerprint density at radius 1 is 1.38 bits per heavy atom. The highest BCUT2D eigenvalue weighted by atomic mass is 35.5. The van der Waals surface area contributed by atoms with Gasteiger partial charge in [-0.3, -0.25) is 0 Å². The molecule has 0 fully saturated rings. The van der Waals surface area contributed by atoms with Crippen LogP contribution < -0.4 is 9.47 Å². The van der Waals surface area contributed by atoms with Crippen LogP contribution in [0.25, 0.3) is 0 Å². The van der Waals surface area contributed by atoms with E-state index in [2.05, 4.69) is 15.2 Å². The van der Waals surface area contributed by atoms with Crippen LogP contribution in [0, 0.1) is 0 Å². The number of aromatic nitrogens is 3. The number of methoxy groups -OCH3 is 1. The fraction of sp³-hybridized carbons (Fsp3) is 0.222. The van der Waals surface area contributed by atoms with Gasteiger partial charge in [-0.1, -0.05) is 34.1 Å². The molecule has 16 heavy (non-hydrogen) atoms. The molecular weight excluding hydrogens is 250 g/mol. The minimum atomic E-state index is 0.300. The molecule has 0 saturated heterocycles. The summed E-state index contributed by atoms with van der Waals surface area (Å²) in [6.45, 7) is 0.300. The van der Waals surface area contributed by atoms with Crippen LogP contribution in [-0.4, -0.2) is 22.3 Å². The number of hydrogen-bond acceptors (Lipinski definition) is 6. The predicted octanol–water partition coefficient (Wildman–Crippen LogP) is 2.17. The molecule has 0 N–H and O–H groups in total. The topological polar surface area (TPSA) is 57.1 Å². The Labute approximate surface area is 101 Å². The largest absolute Gasteiger partial charge is 0.472 e. The first-order valence-electron chi connectivity index (χ1n) is 4.39. The summed E-state index contributed by atoms with van der Waals surface area (Å²) in [6.07, 6.45) is 0.